The highest BCUT2D eigenvalue weighted by Crippen LogP contribution is 2.11. The predicted octanol–water partition coefficient (Wildman–Crippen LogP) is 1.90. The third kappa shape index (κ3) is 7.86. The van der Waals surface area contributed by atoms with E-state index in [0.717, 1.165) is 38.7 Å². The van der Waals surface area contributed by atoms with Crippen LogP contribution in [0.1, 0.15) is 26.3 Å². The molecule has 0 bridgehead atoms. The molecule has 1 fully saturated rings. The van der Waals surface area contributed by atoms with Gasteiger partial charge in [0.15, 0.2) is 5.96 Å². The minimum Gasteiger partial charge on any atom is -0.444 e. The molecule has 0 atom stereocenters. The molecule has 1 heterocycles. The van der Waals surface area contributed by atoms with Crippen molar-refractivity contribution in [2.24, 2.45) is 4.99 Å². The number of piperazine rings is 1. The predicted molar refractivity (Wildman–Crippen MR) is 109 cm³/mol. The number of nitrogens with zero attached hydrogens (tertiary/aromatic N) is 3. The van der Waals surface area contributed by atoms with Crippen molar-refractivity contribution in [3.05, 3.63) is 35.9 Å². The maximum atomic E-state index is 12.1. The number of nitrogens with one attached hydrogen (secondary N) is 2. The Labute approximate surface area is 162 Å². The van der Waals surface area contributed by atoms with Crippen molar-refractivity contribution in [2.75, 3.05) is 46.3 Å². The Balaban J connectivity index is 1.64. The van der Waals surface area contributed by atoms with Crippen molar-refractivity contribution < 1.29 is 9.53 Å². The van der Waals surface area contributed by atoms with Gasteiger partial charge in [-0.15, -0.1) is 0 Å². The maximum absolute atomic E-state index is 12.1. The molecule has 1 amide bonds. The summed E-state index contributed by atoms with van der Waals surface area (Å²) in [6, 6.07) is 10.3. The van der Waals surface area contributed by atoms with Crippen molar-refractivity contribution in [1.82, 2.24) is 20.4 Å². The van der Waals surface area contributed by atoms with E-state index < -0.39 is 5.60 Å². The molecule has 0 unspecified atom stereocenters. The molecule has 2 N–H and O–H groups in total. The van der Waals surface area contributed by atoms with Crippen molar-refractivity contribution in [1.29, 1.82) is 0 Å². The molecule has 7 nitrogen and oxygen atoms in total. The van der Waals surface area contributed by atoms with Gasteiger partial charge in [-0.3, -0.25) is 9.89 Å². The molecule has 7 heteroatoms. The standard InChI is InChI=1S/C20H33N5O2/c1-20(2,3)27-19(26)25-14-12-24(13-15-25)11-10-22-18(21-4)23-16-17-8-6-5-7-9-17/h5-9H,10-16H2,1-4H3,(H2,21,22,23). The Bertz CT molecular complexity index is 605. The Morgan fingerprint density at radius 3 is 2.37 bits per heavy atom. The van der Waals surface area contributed by atoms with E-state index in [-0.39, 0.29) is 6.09 Å². The molecule has 1 aromatic rings. The second kappa shape index (κ2) is 10.2. The maximum Gasteiger partial charge on any atom is 0.410 e. The second-order valence-electron chi connectivity index (χ2n) is 7.65. The summed E-state index contributed by atoms with van der Waals surface area (Å²) in [6.45, 7) is 11.3. The van der Waals surface area contributed by atoms with Crippen LogP contribution in [0.4, 0.5) is 4.79 Å². The highest BCUT2D eigenvalue weighted by atomic mass is 16.6. The van der Waals surface area contributed by atoms with Crippen LogP contribution < -0.4 is 10.6 Å². The number of carbonyl (C=O) groups excluding carboxylic acids is 1. The van der Waals surface area contributed by atoms with Crippen LogP contribution in [0.5, 0.6) is 0 Å². The van der Waals surface area contributed by atoms with Crippen LogP contribution in [0.3, 0.4) is 0 Å². The average Bonchev–Trinajstić information content (AvgIpc) is 2.64. The van der Waals surface area contributed by atoms with E-state index in [1.807, 2.05) is 39.0 Å². The molecule has 1 aliphatic rings. The zero-order chi connectivity index (χ0) is 19.7. The summed E-state index contributed by atoms with van der Waals surface area (Å²) in [4.78, 5) is 20.5. The molecule has 1 aromatic carbocycles. The van der Waals surface area contributed by atoms with Gasteiger partial charge in [-0.05, 0) is 26.3 Å². The first kappa shape index (κ1) is 21.0. The van der Waals surface area contributed by atoms with Crippen LogP contribution in [0.15, 0.2) is 35.3 Å². The molecule has 0 spiro atoms. The summed E-state index contributed by atoms with van der Waals surface area (Å²) in [5, 5.41) is 6.66. The summed E-state index contributed by atoms with van der Waals surface area (Å²) in [5.41, 5.74) is 0.777. The zero-order valence-electron chi connectivity index (χ0n) is 17.0. The number of aliphatic imine (C=N–C) groups is 1. The van der Waals surface area contributed by atoms with E-state index in [4.69, 9.17) is 4.74 Å². The highest BCUT2D eigenvalue weighted by Gasteiger charge is 2.25. The molecule has 2 rings (SSSR count). The third-order valence-electron chi connectivity index (χ3n) is 4.27. The Kier molecular flexibility index (Phi) is 7.91. The molecular weight excluding hydrogens is 342 g/mol. The van der Waals surface area contributed by atoms with Gasteiger partial charge < -0.3 is 20.3 Å². The number of hydrogen-bond acceptors (Lipinski definition) is 4. The number of amides is 1. The number of rotatable bonds is 5. The van der Waals surface area contributed by atoms with Crippen LogP contribution >= 0.6 is 0 Å². The van der Waals surface area contributed by atoms with Gasteiger partial charge in [0.2, 0.25) is 0 Å². The summed E-state index contributed by atoms with van der Waals surface area (Å²) >= 11 is 0. The fourth-order valence-corrected chi connectivity index (χ4v) is 2.82. The number of benzene rings is 1. The first-order valence-electron chi connectivity index (χ1n) is 9.56. The van der Waals surface area contributed by atoms with E-state index in [1.54, 1.807) is 11.9 Å². The van der Waals surface area contributed by atoms with Crippen molar-refractivity contribution in [2.45, 2.75) is 32.9 Å². The van der Waals surface area contributed by atoms with Gasteiger partial charge in [-0.25, -0.2) is 4.79 Å². The van der Waals surface area contributed by atoms with Gasteiger partial charge in [0.05, 0.1) is 0 Å². The van der Waals surface area contributed by atoms with E-state index in [1.165, 1.54) is 5.56 Å². The number of hydrogen-bond donors (Lipinski definition) is 2. The molecular formula is C20H33N5O2. The lowest BCUT2D eigenvalue weighted by atomic mass is 10.2. The van der Waals surface area contributed by atoms with Gasteiger partial charge in [-0.2, -0.15) is 0 Å². The van der Waals surface area contributed by atoms with Crippen LogP contribution in [-0.4, -0.2) is 73.8 Å². The molecule has 0 aliphatic carbocycles. The Morgan fingerprint density at radius 2 is 1.78 bits per heavy atom. The number of carbonyl (C=O) groups is 1. The Morgan fingerprint density at radius 1 is 1.11 bits per heavy atom. The average molecular weight is 376 g/mol. The van der Waals surface area contributed by atoms with Crippen LogP contribution in [0, 0.1) is 0 Å². The van der Waals surface area contributed by atoms with Gasteiger partial charge in [0, 0.05) is 52.9 Å². The molecule has 0 radical (unpaired) electrons. The van der Waals surface area contributed by atoms with E-state index in [0.29, 0.717) is 13.1 Å². The molecule has 0 saturated carbocycles. The van der Waals surface area contributed by atoms with E-state index >= 15 is 0 Å². The molecule has 150 valence electrons. The molecule has 0 aromatic heterocycles. The lowest BCUT2D eigenvalue weighted by molar-refractivity contribution is 0.0147. The summed E-state index contributed by atoms with van der Waals surface area (Å²) in [5.74, 6) is 0.797. The van der Waals surface area contributed by atoms with E-state index in [2.05, 4.69) is 32.7 Å². The smallest absolute Gasteiger partial charge is 0.410 e. The summed E-state index contributed by atoms with van der Waals surface area (Å²) in [6.07, 6.45) is -0.217. The van der Waals surface area contributed by atoms with Gasteiger partial charge in [0.25, 0.3) is 0 Å². The first-order valence-corrected chi connectivity index (χ1v) is 9.56. The van der Waals surface area contributed by atoms with Crippen LogP contribution in [-0.2, 0) is 11.3 Å². The third-order valence-corrected chi connectivity index (χ3v) is 4.27. The van der Waals surface area contributed by atoms with Gasteiger partial charge >= 0.3 is 6.09 Å². The highest BCUT2D eigenvalue weighted by molar-refractivity contribution is 5.79. The summed E-state index contributed by atoms with van der Waals surface area (Å²) < 4.78 is 5.44. The number of ether oxygens (including phenoxy) is 1. The van der Waals surface area contributed by atoms with E-state index in [9.17, 15) is 4.79 Å². The molecule has 1 saturated heterocycles. The lowest BCUT2D eigenvalue weighted by Crippen LogP contribution is -2.51. The molecule has 1 aliphatic heterocycles. The zero-order valence-corrected chi connectivity index (χ0v) is 17.0. The largest absolute Gasteiger partial charge is 0.444 e. The van der Waals surface area contributed by atoms with Crippen LogP contribution in [0.25, 0.3) is 0 Å². The lowest BCUT2D eigenvalue weighted by Gasteiger charge is -2.35. The minimum absolute atomic E-state index is 0.217. The van der Waals surface area contributed by atoms with Crippen LogP contribution in [0.2, 0.25) is 0 Å². The monoisotopic (exact) mass is 375 g/mol. The van der Waals surface area contributed by atoms with Crippen molar-refractivity contribution in [3.8, 4) is 0 Å². The quantitative estimate of drug-likeness (QED) is 0.608. The fraction of sp³-hybridized carbons (Fsp3) is 0.600. The van der Waals surface area contributed by atoms with Crippen molar-refractivity contribution >= 4 is 12.1 Å². The first-order chi connectivity index (χ1) is 12.9. The topological polar surface area (TPSA) is 69.2 Å². The SMILES string of the molecule is CN=C(NCCN1CCN(C(=O)OC(C)(C)C)CC1)NCc1ccccc1. The van der Waals surface area contributed by atoms with Gasteiger partial charge in [-0.1, -0.05) is 30.3 Å². The summed E-state index contributed by atoms with van der Waals surface area (Å²) in [7, 11) is 1.78. The minimum atomic E-state index is -0.444. The fourth-order valence-electron chi connectivity index (χ4n) is 2.82. The number of guanidine groups is 1. The van der Waals surface area contributed by atoms with Crippen molar-refractivity contribution in [3.63, 3.8) is 0 Å². The molecule has 27 heavy (non-hydrogen) atoms. The Hall–Kier alpha value is -2.28. The van der Waals surface area contributed by atoms with Gasteiger partial charge in [0.1, 0.15) is 5.60 Å². The second-order valence-corrected chi connectivity index (χ2v) is 7.65. The normalized spacial score (nSPS) is 16.1.